The number of methoxy groups -OCH3 is 1. The second kappa shape index (κ2) is 9.35. The van der Waals surface area contributed by atoms with Gasteiger partial charge < -0.3 is 19.5 Å². The molecule has 0 aliphatic heterocycles. The molecule has 0 aliphatic rings. The SMILES string of the molecule is COC(=O)[C@H](Cc1cn(-c2nccc(OC(C)C)n2)cn1)NC(=O)OC(C)(C)C. The Hall–Kier alpha value is -3.17. The van der Waals surface area contributed by atoms with Gasteiger partial charge in [0.1, 0.15) is 18.0 Å². The van der Waals surface area contributed by atoms with Crippen LogP contribution in [0.5, 0.6) is 5.88 Å². The molecule has 0 saturated carbocycles. The summed E-state index contributed by atoms with van der Waals surface area (Å²) in [5.41, 5.74) is -0.150. The summed E-state index contributed by atoms with van der Waals surface area (Å²) in [5, 5.41) is 2.52. The Balaban J connectivity index is 2.13. The fraction of sp³-hybridized carbons (Fsp3) is 0.526. The average molecular weight is 405 g/mol. The molecule has 0 spiro atoms. The summed E-state index contributed by atoms with van der Waals surface area (Å²) in [6.45, 7) is 9.01. The second-order valence-corrected chi connectivity index (χ2v) is 7.56. The van der Waals surface area contributed by atoms with Crippen molar-refractivity contribution < 1.29 is 23.8 Å². The van der Waals surface area contributed by atoms with Crippen LogP contribution in [-0.4, -0.2) is 56.4 Å². The van der Waals surface area contributed by atoms with Crippen molar-refractivity contribution in [2.24, 2.45) is 0 Å². The fourth-order valence-corrected chi connectivity index (χ4v) is 2.34. The lowest BCUT2D eigenvalue weighted by Crippen LogP contribution is -2.45. The number of esters is 1. The van der Waals surface area contributed by atoms with E-state index in [1.54, 1.807) is 43.8 Å². The number of imidazole rings is 1. The summed E-state index contributed by atoms with van der Waals surface area (Å²) in [5.74, 6) is 0.213. The third kappa shape index (κ3) is 7.05. The molecule has 29 heavy (non-hydrogen) atoms. The van der Waals surface area contributed by atoms with Crippen LogP contribution in [0.25, 0.3) is 5.95 Å². The molecule has 2 aromatic heterocycles. The van der Waals surface area contributed by atoms with Crippen molar-refractivity contribution in [3.8, 4) is 11.8 Å². The number of amides is 1. The van der Waals surface area contributed by atoms with E-state index >= 15 is 0 Å². The molecule has 1 atom stereocenters. The first-order chi connectivity index (χ1) is 13.6. The van der Waals surface area contributed by atoms with Crippen molar-refractivity contribution >= 4 is 12.1 Å². The minimum absolute atomic E-state index is 0.0177. The van der Waals surface area contributed by atoms with Crippen molar-refractivity contribution in [3.63, 3.8) is 0 Å². The Kier molecular flexibility index (Phi) is 7.13. The molecule has 0 fully saturated rings. The topological polar surface area (TPSA) is 117 Å². The van der Waals surface area contributed by atoms with Gasteiger partial charge in [0.05, 0.1) is 18.9 Å². The third-order valence-corrected chi connectivity index (χ3v) is 3.43. The number of carbonyl (C=O) groups is 2. The second-order valence-electron chi connectivity index (χ2n) is 7.56. The van der Waals surface area contributed by atoms with Crippen LogP contribution in [-0.2, 0) is 20.7 Å². The van der Waals surface area contributed by atoms with Crippen LogP contribution in [0.3, 0.4) is 0 Å². The largest absolute Gasteiger partial charge is 0.475 e. The number of carbonyl (C=O) groups excluding carboxylic acids is 2. The van der Waals surface area contributed by atoms with Crippen molar-refractivity contribution in [1.29, 1.82) is 0 Å². The van der Waals surface area contributed by atoms with E-state index in [-0.39, 0.29) is 12.5 Å². The molecule has 1 N–H and O–H groups in total. The summed E-state index contributed by atoms with van der Waals surface area (Å²) in [4.78, 5) is 36.9. The highest BCUT2D eigenvalue weighted by molar-refractivity contribution is 5.81. The molecule has 0 aliphatic carbocycles. The van der Waals surface area contributed by atoms with E-state index in [4.69, 9.17) is 14.2 Å². The van der Waals surface area contributed by atoms with Gasteiger partial charge in [-0.2, -0.15) is 4.98 Å². The molecule has 10 heteroatoms. The van der Waals surface area contributed by atoms with E-state index in [0.717, 1.165) is 0 Å². The van der Waals surface area contributed by atoms with Gasteiger partial charge in [0, 0.05) is 24.9 Å². The normalized spacial score (nSPS) is 12.4. The predicted molar refractivity (Wildman–Crippen MR) is 104 cm³/mol. The highest BCUT2D eigenvalue weighted by Crippen LogP contribution is 2.12. The van der Waals surface area contributed by atoms with Gasteiger partial charge in [-0.1, -0.05) is 0 Å². The lowest BCUT2D eigenvalue weighted by Gasteiger charge is -2.22. The molecule has 2 heterocycles. The smallest absolute Gasteiger partial charge is 0.408 e. The van der Waals surface area contributed by atoms with Crippen molar-refractivity contribution in [1.82, 2.24) is 24.8 Å². The lowest BCUT2D eigenvalue weighted by atomic mass is 10.1. The van der Waals surface area contributed by atoms with Gasteiger partial charge in [0.2, 0.25) is 11.8 Å². The van der Waals surface area contributed by atoms with Crippen LogP contribution < -0.4 is 10.1 Å². The van der Waals surface area contributed by atoms with E-state index < -0.39 is 23.7 Å². The standard InChI is InChI=1S/C19H27N5O5/c1-12(2)28-15-7-8-20-17(23-15)24-10-13(21-11-24)9-14(16(25)27-6)22-18(26)29-19(3,4)5/h7-8,10-12,14H,9H2,1-6H3,(H,22,26)/t14-/m0/s1. The molecule has 0 unspecified atom stereocenters. The zero-order valence-electron chi connectivity index (χ0n) is 17.5. The Labute approximate surface area is 169 Å². The first-order valence-electron chi connectivity index (χ1n) is 9.17. The highest BCUT2D eigenvalue weighted by atomic mass is 16.6. The van der Waals surface area contributed by atoms with E-state index in [2.05, 4.69) is 20.3 Å². The lowest BCUT2D eigenvalue weighted by molar-refractivity contribution is -0.143. The molecule has 158 valence electrons. The monoisotopic (exact) mass is 405 g/mol. The molecule has 0 radical (unpaired) electrons. The molecule has 0 bridgehead atoms. The number of rotatable bonds is 7. The Morgan fingerprint density at radius 1 is 1.24 bits per heavy atom. The van der Waals surface area contributed by atoms with Gasteiger partial charge in [0.15, 0.2) is 0 Å². The van der Waals surface area contributed by atoms with Crippen LogP contribution in [0.4, 0.5) is 4.79 Å². The van der Waals surface area contributed by atoms with E-state index in [1.807, 2.05) is 13.8 Å². The summed E-state index contributed by atoms with van der Waals surface area (Å²) >= 11 is 0. The number of nitrogens with one attached hydrogen (secondary N) is 1. The van der Waals surface area contributed by atoms with E-state index in [0.29, 0.717) is 17.5 Å². The Morgan fingerprint density at radius 3 is 2.59 bits per heavy atom. The molecule has 2 rings (SSSR count). The van der Waals surface area contributed by atoms with Crippen LogP contribution in [0, 0.1) is 0 Å². The maximum Gasteiger partial charge on any atom is 0.408 e. The van der Waals surface area contributed by atoms with Crippen molar-refractivity contribution in [2.75, 3.05) is 7.11 Å². The van der Waals surface area contributed by atoms with Gasteiger partial charge >= 0.3 is 12.1 Å². The first kappa shape index (κ1) is 22.1. The van der Waals surface area contributed by atoms with Crippen molar-refractivity contribution in [3.05, 3.63) is 30.5 Å². The fourth-order valence-electron chi connectivity index (χ4n) is 2.34. The zero-order chi connectivity index (χ0) is 21.6. The maximum atomic E-state index is 12.1. The molecule has 2 aromatic rings. The van der Waals surface area contributed by atoms with Gasteiger partial charge in [-0.3, -0.25) is 4.57 Å². The summed E-state index contributed by atoms with van der Waals surface area (Å²) < 4.78 is 17.1. The van der Waals surface area contributed by atoms with Crippen LogP contribution in [0.15, 0.2) is 24.8 Å². The summed E-state index contributed by atoms with van der Waals surface area (Å²) in [6, 6.07) is 0.717. The van der Waals surface area contributed by atoms with Gasteiger partial charge in [-0.15, -0.1) is 0 Å². The number of hydrogen-bond donors (Lipinski definition) is 1. The first-order valence-corrected chi connectivity index (χ1v) is 9.17. The summed E-state index contributed by atoms with van der Waals surface area (Å²) in [7, 11) is 1.25. The molecular formula is C19H27N5O5. The molecule has 0 saturated heterocycles. The number of ether oxygens (including phenoxy) is 3. The Morgan fingerprint density at radius 2 is 1.97 bits per heavy atom. The van der Waals surface area contributed by atoms with Crippen LogP contribution in [0.1, 0.15) is 40.3 Å². The Bertz CT molecular complexity index is 844. The third-order valence-electron chi connectivity index (χ3n) is 3.43. The number of nitrogens with zero attached hydrogens (tertiary/aromatic N) is 4. The quantitative estimate of drug-likeness (QED) is 0.696. The highest BCUT2D eigenvalue weighted by Gasteiger charge is 2.26. The number of hydrogen-bond acceptors (Lipinski definition) is 8. The van der Waals surface area contributed by atoms with Crippen LogP contribution in [0.2, 0.25) is 0 Å². The molecule has 0 aromatic carbocycles. The minimum atomic E-state index is -0.949. The number of alkyl carbamates (subject to hydrolysis) is 1. The maximum absolute atomic E-state index is 12.1. The van der Waals surface area contributed by atoms with E-state index in [1.165, 1.54) is 13.4 Å². The molecular weight excluding hydrogens is 378 g/mol. The van der Waals surface area contributed by atoms with Gasteiger partial charge in [-0.25, -0.2) is 19.6 Å². The van der Waals surface area contributed by atoms with Crippen molar-refractivity contribution in [2.45, 2.75) is 58.8 Å². The van der Waals surface area contributed by atoms with Crippen LogP contribution >= 0.6 is 0 Å². The van der Waals surface area contributed by atoms with Gasteiger partial charge in [0.25, 0.3) is 0 Å². The van der Waals surface area contributed by atoms with E-state index in [9.17, 15) is 9.59 Å². The average Bonchev–Trinajstić information content (AvgIpc) is 3.07. The minimum Gasteiger partial charge on any atom is -0.475 e. The molecule has 1 amide bonds. The van der Waals surface area contributed by atoms with Gasteiger partial charge in [-0.05, 0) is 34.6 Å². The zero-order valence-corrected chi connectivity index (χ0v) is 17.5. The predicted octanol–water partition coefficient (Wildman–Crippen LogP) is 2.06. The summed E-state index contributed by atoms with van der Waals surface area (Å²) in [6.07, 6.45) is 4.15. The number of aromatic nitrogens is 4. The molecule has 10 nitrogen and oxygen atoms in total.